The number of benzene rings is 1. The molecule has 0 aliphatic heterocycles. The van der Waals surface area contributed by atoms with E-state index in [0.717, 1.165) is 6.54 Å². The van der Waals surface area contributed by atoms with E-state index >= 15 is 0 Å². The largest absolute Gasteiger partial charge is 0.383 e. The molecule has 1 aromatic heterocycles. The fraction of sp³-hybridized carbons (Fsp3) is 0.467. The van der Waals surface area contributed by atoms with Crippen molar-refractivity contribution in [2.24, 2.45) is 5.73 Å². The quantitative estimate of drug-likeness (QED) is 0.798. The van der Waals surface area contributed by atoms with E-state index in [9.17, 15) is 0 Å². The van der Waals surface area contributed by atoms with E-state index < -0.39 is 0 Å². The molecule has 0 spiro atoms. The second kappa shape index (κ2) is 7.87. The maximum absolute atomic E-state index is 5.50. The van der Waals surface area contributed by atoms with Crippen LogP contribution < -0.4 is 5.73 Å². The zero-order valence-corrected chi connectivity index (χ0v) is 12.5. The van der Waals surface area contributed by atoms with Crippen molar-refractivity contribution in [3.63, 3.8) is 0 Å². The van der Waals surface area contributed by atoms with Gasteiger partial charge < -0.3 is 15.0 Å². The molecule has 1 heterocycles. The molecule has 0 fully saturated rings. The summed E-state index contributed by atoms with van der Waals surface area (Å²) in [5.74, 6) is 1.11. The van der Waals surface area contributed by atoms with Gasteiger partial charge in [-0.2, -0.15) is 4.98 Å². The Kier molecular flexibility index (Phi) is 5.86. The highest BCUT2D eigenvalue weighted by atomic mass is 16.5. The Labute approximate surface area is 124 Å². The van der Waals surface area contributed by atoms with Gasteiger partial charge in [0.25, 0.3) is 0 Å². The van der Waals surface area contributed by atoms with E-state index in [1.807, 2.05) is 18.2 Å². The van der Waals surface area contributed by atoms with E-state index in [1.165, 1.54) is 5.56 Å². The third-order valence-corrected chi connectivity index (χ3v) is 3.44. The van der Waals surface area contributed by atoms with E-state index in [4.69, 9.17) is 15.0 Å². The average Bonchev–Trinajstić information content (AvgIpc) is 2.99. The molecule has 0 aliphatic rings. The third kappa shape index (κ3) is 4.35. The minimum Gasteiger partial charge on any atom is -0.383 e. The van der Waals surface area contributed by atoms with Gasteiger partial charge in [0.2, 0.25) is 5.89 Å². The molecule has 2 rings (SSSR count). The maximum atomic E-state index is 5.50. The number of nitrogens with two attached hydrogens (primary N) is 1. The van der Waals surface area contributed by atoms with Crippen LogP contribution in [0, 0.1) is 0 Å². The summed E-state index contributed by atoms with van der Waals surface area (Å²) in [4.78, 5) is 6.52. The van der Waals surface area contributed by atoms with Gasteiger partial charge in [-0.25, -0.2) is 0 Å². The first-order valence-corrected chi connectivity index (χ1v) is 7.04. The fourth-order valence-corrected chi connectivity index (χ4v) is 2.18. The van der Waals surface area contributed by atoms with Gasteiger partial charge in [-0.3, -0.25) is 4.90 Å². The lowest BCUT2D eigenvalue weighted by atomic mass is 10.1. The fourth-order valence-electron chi connectivity index (χ4n) is 2.18. The van der Waals surface area contributed by atoms with Gasteiger partial charge >= 0.3 is 0 Å². The highest BCUT2D eigenvalue weighted by Gasteiger charge is 2.18. The van der Waals surface area contributed by atoms with Crippen molar-refractivity contribution in [2.45, 2.75) is 26.1 Å². The third-order valence-electron chi connectivity index (χ3n) is 3.44. The molecule has 0 aliphatic carbocycles. The van der Waals surface area contributed by atoms with Crippen LogP contribution >= 0.6 is 0 Å². The average molecular weight is 290 g/mol. The molecule has 6 heteroatoms. The van der Waals surface area contributed by atoms with Gasteiger partial charge in [0.15, 0.2) is 5.82 Å². The molecule has 2 aromatic rings. The summed E-state index contributed by atoms with van der Waals surface area (Å²) in [6.07, 6.45) is 0. The highest BCUT2D eigenvalue weighted by Crippen LogP contribution is 2.21. The Hall–Kier alpha value is -1.76. The first kappa shape index (κ1) is 15.6. The van der Waals surface area contributed by atoms with Crippen LogP contribution in [0.5, 0.6) is 0 Å². The number of aromatic nitrogens is 2. The number of hydrogen-bond donors (Lipinski definition) is 1. The molecule has 1 unspecified atom stereocenters. The van der Waals surface area contributed by atoms with Crippen molar-refractivity contribution in [3.8, 4) is 0 Å². The van der Waals surface area contributed by atoms with Gasteiger partial charge in [0.05, 0.1) is 19.7 Å². The summed E-state index contributed by atoms with van der Waals surface area (Å²) in [5.41, 5.74) is 6.74. The number of nitrogens with zero attached hydrogens (tertiary/aromatic N) is 3. The summed E-state index contributed by atoms with van der Waals surface area (Å²) in [7, 11) is 1.70. The molecule has 21 heavy (non-hydrogen) atoms. The molecule has 6 nitrogen and oxygen atoms in total. The Morgan fingerprint density at radius 1 is 1.33 bits per heavy atom. The van der Waals surface area contributed by atoms with Crippen LogP contribution in [-0.4, -0.2) is 35.3 Å². The molecule has 114 valence electrons. The molecule has 1 aromatic carbocycles. The molecule has 2 N–H and O–H groups in total. The first-order valence-electron chi connectivity index (χ1n) is 7.04. The maximum Gasteiger partial charge on any atom is 0.240 e. The number of hydrogen-bond acceptors (Lipinski definition) is 6. The van der Waals surface area contributed by atoms with Crippen molar-refractivity contribution in [3.05, 3.63) is 47.6 Å². The van der Waals surface area contributed by atoms with Crippen molar-refractivity contribution in [2.75, 3.05) is 20.3 Å². The number of ether oxygens (including phenoxy) is 1. The number of rotatable bonds is 8. The normalized spacial score (nSPS) is 12.8. The molecular weight excluding hydrogens is 268 g/mol. The predicted octanol–water partition coefficient (Wildman–Crippen LogP) is 1.74. The van der Waals surface area contributed by atoms with Gasteiger partial charge in [-0.15, -0.1) is 0 Å². The standard InChI is InChI=1S/C15H22N4O2/c1-12(13-6-4-3-5-7-13)19(8-9-20-2)11-14-17-15(10-16)21-18-14/h3-7,12H,8-11,16H2,1-2H3. The zero-order valence-electron chi connectivity index (χ0n) is 12.5. The second-order valence-corrected chi connectivity index (χ2v) is 4.86. The van der Waals surface area contributed by atoms with Crippen LogP contribution in [0.1, 0.15) is 30.2 Å². The lowest BCUT2D eigenvalue weighted by Crippen LogP contribution is -2.30. The zero-order chi connectivity index (χ0) is 15.1. The van der Waals surface area contributed by atoms with Crippen LogP contribution in [-0.2, 0) is 17.8 Å². The van der Waals surface area contributed by atoms with E-state index in [2.05, 4.69) is 34.1 Å². The van der Waals surface area contributed by atoms with Gasteiger partial charge in [-0.1, -0.05) is 35.5 Å². The smallest absolute Gasteiger partial charge is 0.240 e. The summed E-state index contributed by atoms with van der Waals surface area (Å²) in [6.45, 7) is 4.47. The first-order chi connectivity index (χ1) is 10.2. The Morgan fingerprint density at radius 2 is 2.10 bits per heavy atom. The van der Waals surface area contributed by atoms with Crippen molar-refractivity contribution >= 4 is 0 Å². The summed E-state index contributed by atoms with van der Waals surface area (Å²) in [5, 5.41) is 3.96. The topological polar surface area (TPSA) is 77.4 Å². The second-order valence-electron chi connectivity index (χ2n) is 4.86. The minimum atomic E-state index is 0.237. The summed E-state index contributed by atoms with van der Waals surface area (Å²) in [6, 6.07) is 10.6. The van der Waals surface area contributed by atoms with Gasteiger partial charge in [0, 0.05) is 19.7 Å². The van der Waals surface area contributed by atoms with Crippen LogP contribution in [0.4, 0.5) is 0 Å². The Morgan fingerprint density at radius 3 is 2.71 bits per heavy atom. The predicted molar refractivity (Wildman–Crippen MR) is 79.3 cm³/mol. The van der Waals surface area contributed by atoms with Crippen LogP contribution in [0.15, 0.2) is 34.9 Å². The van der Waals surface area contributed by atoms with Crippen LogP contribution in [0.3, 0.4) is 0 Å². The van der Waals surface area contributed by atoms with E-state index in [1.54, 1.807) is 7.11 Å². The molecule has 0 saturated heterocycles. The summed E-state index contributed by atoms with van der Waals surface area (Å²) >= 11 is 0. The molecular formula is C15H22N4O2. The Bertz CT molecular complexity index is 529. The lowest BCUT2D eigenvalue weighted by molar-refractivity contribution is 0.117. The molecule has 1 atom stereocenters. The molecule has 0 amide bonds. The van der Waals surface area contributed by atoms with Crippen molar-refractivity contribution in [1.29, 1.82) is 0 Å². The monoisotopic (exact) mass is 290 g/mol. The van der Waals surface area contributed by atoms with E-state index in [0.29, 0.717) is 24.9 Å². The summed E-state index contributed by atoms with van der Waals surface area (Å²) < 4.78 is 10.3. The minimum absolute atomic E-state index is 0.237. The number of methoxy groups -OCH3 is 1. The van der Waals surface area contributed by atoms with Crippen molar-refractivity contribution in [1.82, 2.24) is 15.0 Å². The van der Waals surface area contributed by atoms with E-state index in [-0.39, 0.29) is 12.6 Å². The van der Waals surface area contributed by atoms with Crippen LogP contribution in [0.25, 0.3) is 0 Å². The molecule has 0 bridgehead atoms. The highest BCUT2D eigenvalue weighted by molar-refractivity contribution is 5.18. The molecule has 0 radical (unpaired) electrons. The van der Waals surface area contributed by atoms with Gasteiger partial charge in [0.1, 0.15) is 0 Å². The molecule has 0 saturated carbocycles. The van der Waals surface area contributed by atoms with Crippen LogP contribution in [0.2, 0.25) is 0 Å². The Balaban J connectivity index is 2.09. The lowest BCUT2D eigenvalue weighted by Gasteiger charge is -2.28. The van der Waals surface area contributed by atoms with Crippen molar-refractivity contribution < 1.29 is 9.26 Å². The van der Waals surface area contributed by atoms with Gasteiger partial charge in [-0.05, 0) is 12.5 Å². The SMILES string of the molecule is COCCN(Cc1noc(CN)n1)C(C)c1ccccc1.